The van der Waals surface area contributed by atoms with Gasteiger partial charge < -0.3 is 10.8 Å². The minimum Gasteiger partial charge on any atom is -0.481 e. The molecule has 1 aromatic heterocycles. The van der Waals surface area contributed by atoms with Crippen LogP contribution in [0.25, 0.3) is 10.4 Å². The van der Waals surface area contributed by atoms with Crippen LogP contribution in [0.3, 0.4) is 0 Å². The first-order valence-electron chi connectivity index (χ1n) is 9.78. The number of nitrogens with two attached hydrogens (primary N) is 1. The smallest absolute Gasteiger partial charge is 0.309 e. The third-order valence-electron chi connectivity index (χ3n) is 4.99. The molecule has 3 N–H and O–H groups in total. The summed E-state index contributed by atoms with van der Waals surface area (Å²) in [6, 6.07) is 13.3. The van der Waals surface area contributed by atoms with Crippen molar-refractivity contribution in [2.24, 2.45) is 16.1 Å². The number of aliphatic imine (C=N–C) groups is 1. The molecular weight excluding hydrogens is 429 g/mol. The highest BCUT2D eigenvalue weighted by Crippen LogP contribution is 2.33. The van der Waals surface area contributed by atoms with Crippen molar-refractivity contribution in [1.82, 2.24) is 4.98 Å². The highest BCUT2D eigenvalue weighted by molar-refractivity contribution is 7.15. The fraction of sp³-hybridized carbons (Fsp3) is 0.217. The zero-order valence-electron chi connectivity index (χ0n) is 17.6. The van der Waals surface area contributed by atoms with Crippen LogP contribution in [0.5, 0.6) is 0 Å². The number of aromatic nitrogens is 1. The first-order valence-corrected chi connectivity index (χ1v) is 10.6. The van der Waals surface area contributed by atoms with Crippen molar-refractivity contribution in [2.75, 3.05) is 4.90 Å². The Morgan fingerprint density at radius 3 is 2.59 bits per heavy atom. The van der Waals surface area contributed by atoms with Crippen molar-refractivity contribution in [3.8, 4) is 16.6 Å². The molecule has 0 saturated carbocycles. The summed E-state index contributed by atoms with van der Waals surface area (Å²) in [7, 11) is 0. The Hall–Kier alpha value is -3.77. The van der Waals surface area contributed by atoms with Crippen LogP contribution in [-0.4, -0.2) is 22.0 Å². The zero-order chi connectivity index (χ0) is 23.3. The topological polar surface area (TPSA) is 116 Å². The van der Waals surface area contributed by atoms with Gasteiger partial charge in [0.1, 0.15) is 5.82 Å². The van der Waals surface area contributed by atoms with Gasteiger partial charge in [0.15, 0.2) is 0 Å². The number of hydrogen-bond donors (Lipinski definition) is 2. The summed E-state index contributed by atoms with van der Waals surface area (Å²) < 4.78 is 14.4. The van der Waals surface area contributed by atoms with Crippen LogP contribution in [0.1, 0.15) is 25.3 Å². The van der Waals surface area contributed by atoms with Crippen molar-refractivity contribution < 1.29 is 14.3 Å². The summed E-state index contributed by atoms with van der Waals surface area (Å²) >= 11 is 1.50. The highest BCUT2D eigenvalue weighted by atomic mass is 32.1. The lowest BCUT2D eigenvalue weighted by molar-refractivity contribution is -0.147. The van der Waals surface area contributed by atoms with Crippen LogP contribution < -0.4 is 10.6 Å². The second kappa shape index (κ2) is 9.58. The molecule has 7 nitrogen and oxygen atoms in total. The van der Waals surface area contributed by atoms with Gasteiger partial charge in [-0.1, -0.05) is 24.3 Å². The molecule has 0 atom stereocenters. The van der Waals surface area contributed by atoms with Crippen molar-refractivity contribution in [1.29, 1.82) is 5.26 Å². The summed E-state index contributed by atoms with van der Waals surface area (Å²) in [5.74, 6) is -1.47. The average Bonchev–Trinajstić information content (AvgIpc) is 3.24. The fourth-order valence-electron chi connectivity index (χ4n) is 2.99. The van der Waals surface area contributed by atoms with Gasteiger partial charge >= 0.3 is 5.97 Å². The molecule has 1 heterocycles. The van der Waals surface area contributed by atoms with E-state index in [4.69, 9.17) is 11.0 Å². The van der Waals surface area contributed by atoms with Crippen molar-refractivity contribution in [2.45, 2.75) is 26.7 Å². The lowest BCUT2D eigenvalue weighted by Gasteiger charge is -2.23. The van der Waals surface area contributed by atoms with Gasteiger partial charge in [0.2, 0.25) is 12.2 Å². The van der Waals surface area contributed by atoms with E-state index < -0.39 is 17.2 Å². The number of hydrogen-bond acceptors (Lipinski definition) is 5. The number of aliphatic carboxylic acids is 1. The lowest BCUT2D eigenvalue weighted by atomic mass is 9.88. The number of carbonyl (C=O) groups is 1. The minimum atomic E-state index is -0.830. The number of guanidine groups is 1. The van der Waals surface area contributed by atoms with E-state index in [1.165, 1.54) is 22.3 Å². The third kappa shape index (κ3) is 5.10. The Morgan fingerprint density at radius 2 is 1.97 bits per heavy atom. The molecule has 0 spiro atoms. The molecule has 0 unspecified atom stereocenters. The number of anilines is 2. The molecule has 0 aliphatic heterocycles. The van der Waals surface area contributed by atoms with E-state index >= 15 is 0 Å². The van der Waals surface area contributed by atoms with Crippen LogP contribution in [0.4, 0.5) is 15.8 Å². The summed E-state index contributed by atoms with van der Waals surface area (Å²) in [5.41, 5.74) is 6.76. The fourth-order valence-corrected chi connectivity index (χ4v) is 3.91. The maximum atomic E-state index is 14.4. The molecular formula is C23H22FN5O2S. The van der Waals surface area contributed by atoms with Gasteiger partial charge in [0, 0.05) is 18.3 Å². The number of halogens is 1. The van der Waals surface area contributed by atoms with Gasteiger partial charge in [-0.3, -0.25) is 9.69 Å². The molecule has 0 saturated heterocycles. The molecule has 164 valence electrons. The first kappa shape index (κ1) is 22.9. The summed E-state index contributed by atoms with van der Waals surface area (Å²) in [6.07, 6.45) is 4.45. The molecule has 0 radical (unpaired) electrons. The second-order valence-corrected chi connectivity index (χ2v) is 8.83. The largest absolute Gasteiger partial charge is 0.481 e. The van der Waals surface area contributed by atoms with E-state index in [2.05, 4.69) is 9.98 Å². The molecule has 0 amide bonds. The van der Waals surface area contributed by atoms with E-state index in [1.54, 1.807) is 56.6 Å². The third-order valence-corrected chi connectivity index (χ3v) is 6.10. The number of nitriles is 1. The second-order valence-electron chi connectivity index (χ2n) is 7.71. The number of carboxylic acid groups (broad SMARTS) is 1. The number of aryl methyl sites for hydroxylation is 1. The minimum absolute atomic E-state index is 0.147. The van der Waals surface area contributed by atoms with Crippen LogP contribution >= 0.6 is 11.3 Å². The monoisotopic (exact) mass is 451 g/mol. The average molecular weight is 452 g/mol. The predicted octanol–water partition coefficient (Wildman–Crippen LogP) is 4.93. The number of benzene rings is 2. The number of carboxylic acids is 1. The molecule has 32 heavy (non-hydrogen) atoms. The Balaban J connectivity index is 1.84. The van der Waals surface area contributed by atoms with Gasteiger partial charge in [0.05, 0.1) is 21.0 Å². The number of para-hydroxylation sites is 1. The van der Waals surface area contributed by atoms with Gasteiger partial charge in [-0.25, -0.2) is 9.37 Å². The van der Waals surface area contributed by atoms with Crippen LogP contribution in [-0.2, 0) is 11.2 Å². The van der Waals surface area contributed by atoms with Gasteiger partial charge in [-0.05, 0) is 50.1 Å². The summed E-state index contributed by atoms with van der Waals surface area (Å²) in [6.45, 7) is 3.40. The maximum Gasteiger partial charge on any atom is 0.309 e. The Kier molecular flexibility index (Phi) is 6.85. The quantitative estimate of drug-likeness (QED) is 0.299. The maximum absolute atomic E-state index is 14.4. The molecule has 0 aliphatic rings. The predicted molar refractivity (Wildman–Crippen MR) is 123 cm³/mol. The zero-order valence-corrected chi connectivity index (χ0v) is 18.4. The van der Waals surface area contributed by atoms with Crippen molar-refractivity contribution in [3.63, 3.8) is 0 Å². The van der Waals surface area contributed by atoms with Gasteiger partial charge in [-0.15, -0.1) is 16.3 Å². The van der Waals surface area contributed by atoms with Gasteiger partial charge in [-0.2, -0.15) is 5.26 Å². The van der Waals surface area contributed by atoms with E-state index in [0.29, 0.717) is 18.5 Å². The number of nitrogens with zero attached hydrogens (tertiary/aromatic N) is 4. The lowest BCUT2D eigenvalue weighted by Crippen LogP contribution is -2.33. The standard InChI is InChI=1S/C23H22FN5O2S/c1-23(2,21(30)31)12-11-20-27-13-19(32-20)15-7-9-16(10-8-15)29(22(26)28-14-25)18-6-4-3-5-17(18)24/h3-10,13H,11-12H2,1-2H3,(H2,26,28)(H,30,31). The molecule has 0 aliphatic carbocycles. The van der Waals surface area contributed by atoms with E-state index in [0.717, 1.165) is 15.4 Å². The number of thiazole rings is 1. The van der Waals surface area contributed by atoms with Crippen LogP contribution in [0.2, 0.25) is 0 Å². The molecule has 0 fully saturated rings. The summed E-state index contributed by atoms with van der Waals surface area (Å²) in [4.78, 5) is 21.6. The van der Waals surface area contributed by atoms with Crippen LogP contribution in [0.15, 0.2) is 59.7 Å². The van der Waals surface area contributed by atoms with Gasteiger partial charge in [0.25, 0.3) is 0 Å². The van der Waals surface area contributed by atoms with Crippen molar-refractivity contribution in [3.05, 3.63) is 65.6 Å². The van der Waals surface area contributed by atoms with Crippen molar-refractivity contribution >= 4 is 34.6 Å². The Bertz CT molecular complexity index is 1180. The molecule has 9 heteroatoms. The van der Waals surface area contributed by atoms with E-state index in [9.17, 15) is 14.3 Å². The van der Waals surface area contributed by atoms with E-state index in [1.807, 2.05) is 12.1 Å². The molecule has 0 bridgehead atoms. The SMILES string of the molecule is CC(C)(CCc1ncc(-c2ccc(N(C(N)=NC#N)c3ccccc3F)cc2)s1)C(=O)O. The highest BCUT2D eigenvalue weighted by Gasteiger charge is 2.27. The Labute approximate surface area is 189 Å². The summed E-state index contributed by atoms with van der Waals surface area (Å²) in [5, 5.41) is 19.0. The molecule has 2 aromatic carbocycles. The van der Waals surface area contributed by atoms with E-state index in [-0.39, 0.29) is 11.6 Å². The number of rotatable bonds is 7. The Morgan fingerprint density at radius 1 is 1.28 bits per heavy atom. The van der Waals surface area contributed by atoms with Crippen LogP contribution in [0, 0.1) is 22.7 Å². The molecule has 3 rings (SSSR count). The molecule has 3 aromatic rings. The first-order chi connectivity index (χ1) is 15.2. The normalized spacial score (nSPS) is 11.8.